The van der Waals surface area contributed by atoms with E-state index >= 15 is 0 Å². The number of nitrogens with one attached hydrogen (secondary N) is 8. The number of oxime groups is 1. The third kappa shape index (κ3) is 55.2. The highest BCUT2D eigenvalue weighted by Crippen LogP contribution is 2.27. The molecule has 2 saturated heterocycles. The summed E-state index contributed by atoms with van der Waals surface area (Å²) in [6, 6.07) is 9.86. The first-order chi connectivity index (χ1) is 61.2. The van der Waals surface area contributed by atoms with E-state index in [1.165, 1.54) is 37.4 Å². The highest BCUT2D eigenvalue weighted by atomic mass is 33.1. The maximum atomic E-state index is 14.8. The van der Waals surface area contributed by atoms with Crippen molar-refractivity contribution in [1.82, 2.24) is 42.5 Å². The van der Waals surface area contributed by atoms with E-state index < -0.39 is 177 Å². The van der Waals surface area contributed by atoms with Gasteiger partial charge >= 0.3 is 5.97 Å². The van der Waals surface area contributed by atoms with Crippen molar-refractivity contribution in [3.05, 3.63) is 71.5 Å². The van der Waals surface area contributed by atoms with Crippen LogP contribution in [0.15, 0.2) is 64.7 Å². The van der Waals surface area contributed by atoms with E-state index in [1.54, 1.807) is 30.3 Å². The number of unbranched alkanes of at least 4 members (excludes halogenated alkanes) is 1. The van der Waals surface area contributed by atoms with Crippen LogP contribution in [0.4, 0.5) is 4.39 Å². The Hall–Kier alpha value is -9.32. The Morgan fingerprint density at radius 1 is 0.528 bits per heavy atom. The number of halogens is 1. The molecule has 8 amide bonds. The topological polar surface area (TPSA) is 568 Å². The summed E-state index contributed by atoms with van der Waals surface area (Å²) in [5, 5.41) is 34.6. The van der Waals surface area contributed by atoms with Gasteiger partial charge in [0.1, 0.15) is 44.1 Å². The monoisotopic (exact) mass is 1850 g/mol. The number of ketones is 7. The maximum absolute atomic E-state index is 14.8. The Kier molecular flexibility index (Phi) is 59.6. The van der Waals surface area contributed by atoms with Crippen molar-refractivity contribution in [3.63, 3.8) is 0 Å². The van der Waals surface area contributed by atoms with Crippen molar-refractivity contribution < 1.29 is 138 Å². The lowest BCUT2D eigenvalue weighted by atomic mass is 9.91. The Morgan fingerprint density at radius 2 is 1.04 bits per heavy atom. The molecule has 2 aliphatic heterocycles. The first kappa shape index (κ1) is 110. The molecule has 0 unspecified atom stereocenters. The standard InChI is InChI=1S/C83H123FN12O28S3/c1-57(97)48-122-49-66(99)11-7-23-114-27-31-118-32-28-115-24-8-13-71(101)60-16-19-65(98)46-90-79(110)61(39-58-9-3-2-4-10-58)41-72(102)69-54-126-127-55-70(73(103)42-63(45-92-83(85)86)80(111)91-47-67(100)40-62(43-78(108)109)81(112)95-69)96-82(113)68(94-77(107)56-125-53-60)12-5-6-20-87-74(104)50-123-51-75(105)88-21-25-116-29-33-119-35-37-121-38-36-120-34-30-117-26-22-89-76(106)52-124-93-44-59-14-17-64(84)18-15-59/h2-4,9-10,14-15,17-18,44,60-63,68-70H,5-8,11-13,16,19-43,45-56H2,1H3,(H,87,104)(H,88,105)(H,89,106)(H,90,110)(H,91,111)(H,94,107)(H,95,112)(H,96,113)(H,108,109)(H4,85,86,92)/t60-,61+,62-,63-,68-,69-,70-/m0/s1/i84-1. The maximum Gasteiger partial charge on any atom is 0.304 e. The minimum Gasteiger partial charge on any atom is -0.481 e. The number of amides is 8. The number of guanidine groups is 1. The zero-order chi connectivity index (χ0) is 92.4. The average molecular weight is 1850 g/mol. The van der Waals surface area contributed by atoms with E-state index in [9.17, 15) is 86.2 Å². The molecule has 2 fully saturated rings. The SMILES string of the molecule is CC(=O)COCC(=O)CCCOCCOCCOCCCC(=O)[C@H]1CCC(=O)CNC(=O)[C@H](Cc2ccccc2)CC(=O)[C@@H]2CSSC[C@H](NC(=O)[C@H](CCCCNC(=O)COCC(=O)NCCOCCOCCOCCOCCOCCNC(=O)CON=Cc3ccc([18F])cc3)NC(=O)CSC1)C(=O)C[C@@H](CN=C(N)N)C(=O)NCC(=O)C[C@@H](CC(=O)O)C(=O)N2. The van der Waals surface area contributed by atoms with Crippen molar-refractivity contribution >= 4 is 139 Å². The van der Waals surface area contributed by atoms with Gasteiger partial charge < -0.3 is 111 Å². The van der Waals surface area contributed by atoms with Crippen molar-refractivity contribution in [2.24, 2.45) is 45.3 Å². The molecule has 2 aliphatic rings. The van der Waals surface area contributed by atoms with E-state index in [1.807, 2.05) is 0 Å². The largest absolute Gasteiger partial charge is 0.481 e. The van der Waals surface area contributed by atoms with Crippen LogP contribution in [-0.4, -0.2) is 330 Å². The zero-order valence-corrected chi connectivity index (χ0v) is 74.2. The molecular weight excluding hydrogens is 1730 g/mol. The Bertz CT molecular complexity index is 3780. The van der Waals surface area contributed by atoms with Gasteiger partial charge in [0.25, 0.3) is 5.91 Å². The number of fused-ring (bicyclic) bond motifs is 5. The van der Waals surface area contributed by atoms with Crippen molar-refractivity contribution in [2.45, 2.75) is 115 Å². The van der Waals surface area contributed by atoms with Crippen molar-refractivity contribution in [2.75, 3.05) is 201 Å². The van der Waals surface area contributed by atoms with Gasteiger partial charge in [-0.15, -0.1) is 0 Å². The number of hydrogen-bond donors (Lipinski definition) is 11. The van der Waals surface area contributed by atoms with Gasteiger partial charge in [-0.05, 0) is 75.1 Å². The van der Waals surface area contributed by atoms with Crippen LogP contribution < -0.4 is 54.0 Å². The molecule has 2 heterocycles. The van der Waals surface area contributed by atoms with Crippen LogP contribution in [0.3, 0.4) is 0 Å². The number of ether oxygens (including phenoxy) is 10. The highest BCUT2D eigenvalue weighted by molar-refractivity contribution is 8.76. The molecule has 2 aromatic rings. The summed E-state index contributed by atoms with van der Waals surface area (Å²) in [5.41, 5.74) is 12.5. The Morgan fingerprint density at radius 3 is 1.61 bits per heavy atom. The molecule has 0 spiro atoms. The summed E-state index contributed by atoms with van der Waals surface area (Å²) in [6.07, 6.45) is -0.435. The van der Waals surface area contributed by atoms with Gasteiger partial charge in [-0.1, -0.05) is 69.2 Å². The minimum atomic E-state index is -1.58. The summed E-state index contributed by atoms with van der Waals surface area (Å²) in [6.45, 7) is 2.68. The molecule has 40 nitrogen and oxygen atoms in total. The molecular formula is C83H123FN12O28S3. The quantitative estimate of drug-likeness (QED) is 0.0133. The summed E-state index contributed by atoms with van der Waals surface area (Å²) in [5.74, 6) is -17.2. The molecule has 2 bridgehead atoms. The number of carboxylic acids is 1. The van der Waals surface area contributed by atoms with Crippen LogP contribution in [0.25, 0.3) is 0 Å². The predicted molar refractivity (Wildman–Crippen MR) is 464 cm³/mol. The first-order valence-electron chi connectivity index (χ1n) is 41.9. The summed E-state index contributed by atoms with van der Waals surface area (Å²) >= 11 is 1.04. The number of carbonyl (C=O) groups excluding carboxylic acids is 15. The number of Topliss-reactive ketones (excluding diaryl/α,β-unsaturated/α-hetero) is 7. The van der Waals surface area contributed by atoms with Gasteiger partial charge in [-0.3, -0.25) is 81.7 Å². The van der Waals surface area contributed by atoms with E-state index in [0.717, 1.165) is 33.3 Å². The second-order valence-corrected chi connectivity index (χ2v) is 32.8. The number of aliphatic imine (C=N–C) groups is 1. The minimum absolute atomic E-state index is 0.00522. The van der Waals surface area contributed by atoms with Crippen LogP contribution in [0.1, 0.15) is 102 Å². The number of nitrogens with zero attached hydrogens (tertiary/aromatic N) is 2. The summed E-state index contributed by atoms with van der Waals surface area (Å²) in [4.78, 5) is 224. The molecule has 0 saturated carbocycles. The number of rotatable bonds is 56. The fourth-order valence-corrected chi connectivity index (χ4v) is 15.2. The van der Waals surface area contributed by atoms with E-state index in [0.29, 0.717) is 63.8 Å². The Labute approximate surface area is 749 Å². The molecule has 7 atom stereocenters. The van der Waals surface area contributed by atoms with Crippen LogP contribution in [-0.2, 0) is 135 Å². The first-order valence-corrected chi connectivity index (χ1v) is 45.6. The van der Waals surface area contributed by atoms with Gasteiger partial charge in [0, 0.05) is 100 Å². The molecule has 708 valence electrons. The zero-order valence-electron chi connectivity index (χ0n) is 71.8. The fraction of sp³-hybridized carbons (Fsp3) is 0.639. The number of aliphatic carboxylic acids is 1. The average Bonchev–Trinajstić information content (AvgIpc) is 1.42. The van der Waals surface area contributed by atoms with E-state index in [2.05, 4.69) is 52.7 Å². The normalized spacial score (nSPS) is 19.0. The second kappa shape index (κ2) is 68.8. The predicted octanol–water partition coefficient (Wildman–Crippen LogP) is -0.340. The van der Waals surface area contributed by atoms with Crippen molar-refractivity contribution in [3.8, 4) is 0 Å². The van der Waals surface area contributed by atoms with Gasteiger partial charge in [-0.2, -0.15) is 11.8 Å². The Balaban J connectivity index is 1.36. The van der Waals surface area contributed by atoms with Crippen LogP contribution in [0, 0.1) is 29.5 Å². The van der Waals surface area contributed by atoms with E-state index in [4.69, 9.17) is 63.7 Å². The molecule has 127 heavy (non-hydrogen) atoms. The summed E-state index contributed by atoms with van der Waals surface area (Å²) in [7, 11) is 1.89. The molecule has 2 aromatic carbocycles. The second-order valence-electron chi connectivity index (χ2n) is 29.2. The number of benzene rings is 2. The van der Waals surface area contributed by atoms with Gasteiger partial charge in [0.15, 0.2) is 47.3 Å². The summed E-state index contributed by atoms with van der Waals surface area (Å²) < 4.78 is 67.6. The third-order valence-corrected chi connectivity index (χ3v) is 22.0. The fourth-order valence-electron chi connectivity index (χ4n) is 11.8. The molecule has 44 heteroatoms. The van der Waals surface area contributed by atoms with Gasteiger partial charge in [0.2, 0.25) is 41.4 Å². The lowest BCUT2D eigenvalue weighted by Crippen LogP contribution is -2.53. The highest BCUT2D eigenvalue weighted by Gasteiger charge is 2.36. The van der Waals surface area contributed by atoms with Crippen molar-refractivity contribution in [1.29, 1.82) is 0 Å². The third-order valence-electron chi connectivity index (χ3n) is 18.5. The molecule has 0 aromatic heterocycles. The molecule has 4 rings (SSSR count). The molecule has 0 radical (unpaired) electrons. The van der Waals surface area contributed by atoms with Crippen LogP contribution in [0.2, 0.25) is 0 Å². The van der Waals surface area contributed by atoms with Crippen LogP contribution in [0.5, 0.6) is 0 Å². The molecule has 13 N–H and O–H groups in total. The van der Waals surface area contributed by atoms with Gasteiger partial charge in [-0.25, -0.2) is 4.39 Å². The number of carbonyl (C=O) groups is 16. The number of thioether (sulfide) groups is 1. The number of hydrogen-bond acceptors (Lipinski definition) is 32. The van der Waals surface area contributed by atoms with E-state index in [-0.39, 0.29) is 209 Å². The number of nitrogens with two attached hydrogens (primary N) is 2. The lowest BCUT2D eigenvalue weighted by molar-refractivity contribution is -0.142. The van der Waals surface area contributed by atoms with Gasteiger partial charge in [0.05, 0.1) is 154 Å². The smallest absolute Gasteiger partial charge is 0.304 e. The van der Waals surface area contributed by atoms with Crippen LogP contribution >= 0.6 is 33.3 Å². The lowest BCUT2D eigenvalue weighted by Gasteiger charge is -2.25. The molecule has 0 aliphatic carbocycles. The number of carboxylic acid groups (broad SMARTS) is 1.